The predicted molar refractivity (Wildman–Crippen MR) is 76.0 cm³/mol. The van der Waals surface area contributed by atoms with Crippen LogP contribution in [0.4, 0.5) is 13.2 Å². The number of halogens is 3. The van der Waals surface area contributed by atoms with Crippen molar-refractivity contribution >= 4 is 5.91 Å². The normalized spacial score (nSPS) is 11.6. The van der Waals surface area contributed by atoms with E-state index in [9.17, 15) is 18.0 Å². The van der Waals surface area contributed by atoms with Gasteiger partial charge in [-0.3, -0.25) is 9.78 Å². The van der Waals surface area contributed by atoms with E-state index in [-0.39, 0.29) is 28.7 Å². The number of hydrogen-bond donors (Lipinski definition) is 0. The van der Waals surface area contributed by atoms with Crippen LogP contribution in [0.3, 0.4) is 0 Å². The van der Waals surface area contributed by atoms with Crippen LogP contribution in [0.2, 0.25) is 0 Å². The maximum Gasteiger partial charge on any atom is 0.471 e. The highest BCUT2D eigenvalue weighted by molar-refractivity contribution is 5.89. The average Bonchev–Trinajstić information content (AvgIpc) is 3.23. The number of pyridine rings is 1. The summed E-state index contributed by atoms with van der Waals surface area (Å²) in [6.45, 7) is 0. The molecule has 1 amide bonds. The van der Waals surface area contributed by atoms with Crippen molar-refractivity contribution in [3.63, 3.8) is 0 Å². The molecule has 0 fully saturated rings. The second kappa shape index (κ2) is 6.00. The molecule has 0 aliphatic heterocycles. The summed E-state index contributed by atoms with van der Waals surface area (Å²) < 4.78 is 46.9. The van der Waals surface area contributed by atoms with Crippen LogP contribution in [-0.4, -0.2) is 45.0 Å². The van der Waals surface area contributed by atoms with E-state index in [4.69, 9.17) is 4.42 Å². The molecule has 3 rings (SSSR count). The standard InChI is InChI=1S/C14H10F3N5O3/c1-22(2)12(23)11-19-9(6-24-11)8-5-7(3-4-18-8)10-20-13(25-21-10)14(15,16)17/h3-6H,1-2H3. The zero-order chi connectivity index (χ0) is 18.2. The summed E-state index contributed by atoms with van der Waals surface area (Å²) in [7, 11) is 3.08. The van der Waals surface area contributed by atoms with E-state index in [1.165, 1.54) is 29.5 Å². The summed E-state index contributed by atoms with van der Waals surface area (Å²) in [4.78, 5) is 24.5. The number of alkyl halides is 3. The van der Waals surface area contributed by atoms with Crippen molar-refractivity contribution in [1.29, 1.82) is 0 Å². The number of carbonyl (C=O) groups is 1. The maximum absolute atomic E-state index is 12.5. The Kier molecular flexibility index (Phi) is 3.99. The molecular weight excluding hydrogens is 343 g/mol. The Morgan fingerprint density at radius 3 is 2.60 bits per heavy atom. The first-order chi connectivity index (χ1) is 11.8. The van der Waals surface area contributed by atoms with E-state index >= 15 is 0 Å². The van der Waals surface area contributed by atoms with Gasteiger partial charge in [0.15, 0.2) is 0 Å². The Morgan fingerprint density at radius 1 is 1.20 bits per heavy atom. The molecule has 130 valence electrons. The van der Waals surface area contributed by atoms with Gasteiger partial charge in [-0.05, 0) is 12.1 Å². The fraction of sp³-hybridized carbons (Fsp3) is 0.214. The molecule has 0 radical (unpaired) electrons. The van der Waals surface area contributed by atoms with Crippen molar-refractivity contribution in [1.82, 2.24) is 25.0 Å². The lowest BCUT2D eigenvalue weighted by molar-refractivity contribution is -0.159. The van der Waals surface area contributed by atoms with Crippen molar-refractivity contribution in [2.75, 3.05) is 14.1 Å². The smallest absolute Gasteiger partial charge is 0.440 e. The summed E-state index contributed by atoms with van der Waals surface area (Å²) in [5, 5.41) is 3.31. The summed E-state index contributed by atoms with van der Waals surface area (Å²) in [6.07, 6.45) is -2.16. The lowest BCUT2D eigenvalue weighted by atomic mass is 10.2. The molecule has 25 heavy (non-hydrogen) atoms. The fourth-order valence-electron chi connectivity index (χ4n) is 1.85. The largest absolute Gasteiger partial charge is 0.471 e. The van der Waals surface area contributed by atoms with E-state index in [0.29, 0.717) is 0 Å². The first-order valence-corrected chi connectivity index (χ1v) is 6.80. The quantitative estimate of drug-likeness (QED) is 0.713. The molecule has 0 N–H and O–H groups in total. The highest BCUT2D eigenvalue weighted by Gasteiger charge is 2.38. The van der Waals surface area contributed by atoms with Crippen LogP contribution in [0.15, 0.2) is 33.5 Å². The minimum absolute atomic E-state index is 0.133. The van der Waals surface area contributed by atoms with Gasteiger partial charge in [0.25, 0.3) is 5.89 Å². The zero-order valence-corrected chi connectivity index (χ0v) is 12.9. The molecule has 0 unspecified atom stereocenters. The van der Waals surface area contributed by atoms with Crippen molar-refractivity contribution in [3.05, 3.63) is 36.4 Å². The number of hydrogen-bond acceptors (Lipinski definition) is 7. The summed E-state index contributed by atoms with van der Waals surface area (Å²) in [5.74, 6) is -2.26. The van der Waals surface area contributed by atoms with Gasteiger partial charge >= 0.3 is 18.0 Å². The molecule has 11 heteroatoms. The van der Waals surface area contributed by atoms with Crippen LogP contribution in [0.5, 0.6) is 0 Å². The van der Waals surface area contributed by atoms with Gasteiger partial charge < -0.3 is 13.8 Å². The van der Waals surface area contributed by atoms with E-state index in [1.54, 1.807) is 14.1 Å². The van der Waals surface area contributed by atoms with Crippen LogP contribution >= 0.6 is 0 Å². The number of amides is 1. The number of nitrogens with zero attached hydrogens (tertiary/aromatic N) is 5. The molecule has 3 heterocycles. The van der Waals surface area contributed by atoms with E-state index in [1.807, 2.05) is 0 Å². The molecule has 0 spiro atoms. The molecule has 0 aliphatic rings. The molecular formula is C14H10F3N5O3. The van der Waals surface area contributed by atoms with Gasteiger partial charge in [0.1, 0.15) is 12.0 Å². The summed E-state index contributed by atoms with van der Waals surface area (Å²) >= 11 is 0. The minimum Gasteiger partial charge on any atom is -0.440 e. The molecule has 0 aliphatic carbocycles. The number of rotatable bonds is 3. The highest BCUT2D eigenvalue weighted by atomic mass is 19.4. The first kappa shape index (κ1) is 16.6. The third-order valence-corrected chi connectivity index (χ3v) is 3.04. The molecule has 3 aromatic heterocycles. The Morgan fingerprint density at radius 2 is 1.96 bits per heavy atom. The van der Waals surface area contributed by atoms with Gasteiger partial charge in [0.2, 0.25) is 5.82 Å². The molecule has 0 bridgehead atoms. The second-order valence-electron chi connectivity index (χ2n) is 5.09. The van der Waals surface area contributed by atoms with Gasteiger partial charge in [-0.1, -0.05) is 5.16 Å². The van der Waals surface area contributed by atoms with E-state index in [2.05, 4.69) is 24.6 Å². The second-order valence-corrected chi connectivity index (χ2v) is 5.09. The van der Waals surface area contributed by atoms with Gasteiger partial charge in [-0.2, -0.15) is 18.2 Å². The zero-order valence-electron chi connectivity index (χ0n) is 12.9. The molecule has 0 atom stereocenters. The number of carbonyl (C=O) groups excluding carboxylic acids is 1. The van der Waals surface area contributed by atoms with Crippen LogP contribution in [0.25, 0.3) is 22.8 Å². The lowest BCUT2D eigenvalue weighted by Crippen LogP contribution is -2.21. The van der Waals surface area contributed by atoms with Crippen LogP contribution in [0, 0.1) is 0 Å². The molecule has 0 aromatic carbocycles. The predicted octanol–water partition coefficient (Wildman–Crippen LogP) is 2.51. The Bertz CT molecular complexity index is 916. The summed E-state index contributed by atoms with van der Waals surface area (Å²) in [6, 6.07) is 2.83. The average molecular weight is 353 g/mol. The van der Waals surface area contributed by atoms with Crippen LogP contribution in [-0.2, 0) is 6.18 Å². The Labute approximate surface area is 138 Å². The molecule has 3 aromatic rings. The van der Waals surface area contributed by atoms with E-state index < -0.39 is 18.0 Å². The van der Waals surface area contributed by atoms with Crippen LogP contribution in [0.1, 0.15) is 16.6 Å². The first-order valence-electron chi connectivity index (χ1n) is 6.80. The third-order valence-electron chi connectivity index (χ3n) is 3.04. The summed E-state index contributed by atoms with van der Waals surface area (Å²) in [5.41, 5.74) is 0.761. The fourth-order valence-corrected chi connectivity index (χ4v) is 1.85. The Balaban J connectivity index is 1.92. The van der Waals surface area contributed by atoms with Crippen molar-refractivity contribution in [3.8, 4) is 22.8 Å². The Hall–Kier alpha value is -3.24. The minimum atomic E-state index is -4.73. The lowest BCUT2D eigenvalue weighted by Gasteiger charge is -2.05. The number of oxazole rings is 1. The number of aromatic nitrogens is 4. The third kappa shape index (κ3) is 3.34. The topological polar surface area (TPSA) is 98.2 Å². The molecule has 8 nitrogen and oxygen atoms in total. The molecule has 0 saturated heterocycles. The van der Waals surface area contributed by atoms with Gasteiger partial charge in [-0.25, -0.2) is 4.98 Å². The van der Waals surface area contributed by atoms with E-state index in [0.717, 1.165) is 0 Å². The highest BCUT2D eigenvalue weighted by Crippen LogP contribution is 2.30. The SMILES string of the molecule is CN(C)C(=O)c1nc(-c2cc(-c3noc(C(F)(F)F)n3)ccn2)co1. The maximum atomic E-state index is 12.5. The molecule has 0 saturated carbocycles. The van der Waals surface area contributed by atoms with Gasteiger partial charge in [0.05, 0.1) is 5.69 Å². The van der Waals surface area contributed by atoms with Gasteiger partial charge in [-0.15, -0.1) is 0 Å². The van der Waals surface area contributed by atoms with Crippen molar-refractivity contribution in [2.45, 2.75) is 6.18 Å². The van der Waals surface area contributed by atoms with Crippen LogP contribution < -0.4 is 0 Å². The van der Waals surface area contributed by atoms with Gasteiger partial charge in [0, 0.05) is 25.9 Å². The monoisotopic (exact) mass is 353 g/mol. The van der Waals surface area contributed by atoms with Crippen molar-refractivity contribution in [2.24, 2.45) is 0 Å². The van der Waals surface area contributed by atoms with Crippen molar-refractivity contribution < 1.29 is 26.9 Å².